The first-order valence-corrected chi connectivity index (χ1v) is 8.63. The van der Waals surface area contributed by atoms with Crippen LogP contribution in [0, 0.1) is 0 Å². The summed E-state index contributed by atoms with van der Waals surface area (Å²) < 4.78 is 14.8. The lowest BCUT2D eigenvalue weighted by Crippen LogP contribution is -2.28. The van der Waals surface area contributed by atoms with Gasteiger partial charge in [0.1, 0.15) is 18.1 Å². The van der Waals surface area contributed by atoms with Gasteiger partial charge in [-0.15, -0.1) is 5.10 Å². The molecule has 8 heteroatoms. The summed E-state index contributed by atoms with van der Waals surface area (Å²) >= 11 is 1.07. The highest BCUT2D eigenvalue weighted by atomic mass is 32.1. The molecule has 0 bridgehead atoms. The lowest BCUT2D eigenvalue weighted by atomic mass is 10.1. The molecule has 1 aromatic carbocycles. The first-order chi connectivity index (χ1) is 11.7. The van der Waals surface area contributed by atoms with Crippen molar-refractivity contribution in [3.63, 3.8) is 0 Å². The number of benzene rings is 1. The Hall–Kier alpha value is -2.19. The van der Waals surface area contributed by atoms with Crippen LogP contribution in [0.4, 0.5) is 0 Å². The number of aromatic nitrogens is 2. The molecule has 0 saturated heterocycles. The zero-order valence-electron chi connectivity index (χ0n) is 13.3. The maximum absolute atomic E-state index is 12.2. The molecule has 1 aromatic heterocycles. The molecule has 0 saturated carbocycles. The number of hydrogen-bond donors (Lipinski definition) is 2. The van der Waals surface area contributed by atoms with Crippen molar-refractivity contribution in [1.82, 2.24) is 14.9 Å². The van der Waals surface area contributed by atoms with E-state index >= 15 is 0 Å². The van der Waals surface area contributed by atoms with E-state index in [0.29, 0.717) is 47.3 Å². The standard InChI is InChI=1S/C16H19N3O4S/c1-2-3-11-15(24-19-18-11)16(21)17-9-12(20)10-4-5-13-14(8-10)23-7-6-22-13/h4-5,8,12,20H,2-3,6-7,9H2,1H3,(H,17,21)/t12-/m1/s1. The van der Waals surface area contributed by atoms with Gasteiger partial charge in [0.25, 0.3) is 5.91 Å². The van der Waals surface area contributed by atoms with Gasteiger partial charge in [-0.3, -0.25) is 4.79 Å². The van der Waals surface area contributed by atoms with Gasteiger partial charge >= 0.3 is 0 Å². The van der Waals surface area contributed by atoms with E-state index in [2.05, 4.69) is 14.9 Å². The van der Waals surface area contributed by atoms with Crippen LogP contribution in [-0.2, 0) is 6.42 Å². The Kier molecular flexibility index (Phi) is 5.27. The summed E-state index contributed by atoms with van der Waals surface area (Å²) in [5.41, 5.74) is 1.37. The summed E-state index contributed by atoms with van der Waals surface area (Å²) in [6.07, 6.45) is 0.774. The molecule has 1 aliphatic rings. The van der Waals surface area contributed by atoms with E-state index in [4.69, 9.17) is 9.47 Å². The van der Waals surface area contributed by atoms with Gasteiger partial charge in [-0.2, -0.15) is 0 Å². The van der Waals surface area contributed by atoms with E-state index in [1.807, 2.05) is 6.92 Å². The maximum Gasteiger partial charge on any atom is 0.265 e. The predicted octanol–water partition coefficient (Wildman–Crippen LogP) is 1.73. The van der Waals surface area contributed by atoms with Crippen LogP contribution in [-0.4, -0.2) is 40.4 Å². The highest BCUT2D eigenvalue weighted by Gasteiger charge is 2.19. The molecule has 3 rings (SSSR count). The average molecular weight is 349 g/mol. The number of ether oxygens (including phenoxy) is 2. The van der Waals surface area contributed by atoms with Gasteiger partial charge in [0.15, 0.2) is 11.5 Å². The number of aliphatic hydroxyl groups is 1. The van der Waals surface area contributed by atoms with Crippen molar-refractivity contribution in [3.8, 4) is 11.5 Å². The van der Waals surface area contributed by atoms with Crippen LogP contribution in [0.3, 0.4) is 0 Å². The van der Waals surface area contributed by atoms with Crippen LogP contribution in [0.5, 0.6) is 11.5 Å². The molecular formula is C16H19N3O4S. The molecule has 0 spiro atoms. The largest absolute Gasteiger partial charge is 0.486 e. The van der Waals surface area contributed by atoms with Crippen molar-refractivity contribution in [2.24, 2.45) is 0 Å². The molecule has 1 aliphatic heterocycles. The number of hydrogen-bond acceptors (Lipinski definition) is 7. The molecule has 2 N–H and O–H groups in total. The SMILES string of the molecule is CCCc1nnsc1C(=O)NC[C@@H](O)c1ccc2c(c1)OCCO2. The molecular weight excluding hydrogens is 330 g/mol. The zero-order chi connectivity index (χ0) is 16.9. The number of fused-ring (bicyclic) bond motifs is 1. The molecule has 24 heavy (non-hydrogen) atoms. The first-order valence-electron chi connectivity index (χ1n) is 7.86. The van der Waals surface area contributed by atoms with Crippen molar-refractivity contribution in [3.05, 3.63) is 34.3 Å². The Bertz CT molecular complexity index is 719. The molecule has 0 radical (unpaired) electrons. The van der Waals surface area contributed by atoms with E-state index in [1.54, 1.807) is 18.2 Å². The molecule has 0 fully saturated rings. The minimum Gasteiger partial charge on any atom is -0.486 e. The van der Waals surface area contributed by atoms with E-state index in [9.17, 15) is 9.90 Å². The van der Waals surface area contributed by atoms with Crippen molar-refractivity contribution in [1.29, 1.82) is 0 Å². The number of aliphatic hydroxyl groups excluding tert-OH is 1. The fraction of sp³-hybridized carbons (Fsp3) is 0.438. The second kappa shape index (κ2) is 7.59. The van der Waals surface area contributed by atoms with Gasteiger partial charge in [0.05, 0.1) is 11.8 Å². The highest BCUT2D eigenvalue weighted by Crippen LogP contribution is 2.32. The Morgan fingerprint density at radius 1 is 1.38 bits per heavy atom. The van der Waals surface area contributed by atoms with Gasteiger partial charge in [-0.25, -0.2) is 0 Å². The minimum atomic E-state index is -0.833. The summed E-state index contributed by atoms with van der Waals surface area (Å²) in [6.45, 7) is 3.13. The molecule has 2 aromatic rings. The average Bonchev–Trinajstić information content (AvgIpc) is 3.07. The number of rotatable bonds is 6. The van der Waals surface area contributed by atoms with Gasteiger partial charge in [-0.05, 0) is 35.6 Å². The lowest BCUT2D eigenvalue weighted by Gasteiger charge is -2.20. The van der Waals surface area contributed by atoms with Crippen LogP contribution in [0.25, 0.3) is 0 Å². The number of amides is 1. The third-order valence-electron chi connectivity index (χ3n) is 3.66. The second-order valence-electron chi connectivity index (χ2n) is 5.43. The van der Waals surface area contributed by atoms with Crippen molar-refractivity contribution in [2.45, 2.75) is 25.9 Å². The quantitative estimate of drug-likeness (QED) is 0.825. The normalized spacial score (nSPS) is 14.2. The smallest absolute Gasteiger partial charge is 0.265 e. The Morgan fingerprint density at radius 2 is 2.17 bits per heavy atom. The van der Waals surface area contributed by atoms with E-state index < -0.39 is 6.10 Å². The minimum absolute atomic E-state index is 0.0991. The second-order valence-corrected chi connectivity index (χ2v) is 6.18. The van der Waals surface area contributed by atoms with Crippen molar-refractivity contribution in [2.75, 3.05) is 19.8 Å². The lowest BCUT2D eigenvalue weighted by molar-refractivity contribution is 0.0918. The van der Waals surface area contributed by atoms with Crippen LogP contribution in [0.2, 0.25) is 0 Å². The van der Waals surface area contributed by atoms with Gasteiger partial charge < -0.3 is 19.9 Å². The fourth-order valence-electron chi connectivity index (χ4n) is 2.44. The Labute approximate surface area is 143 Å². The molecule has 7 nitrogen and oxygen atoms in total. The molecule has 128 valence electrons. The maximum atomic E-state index is 12.2. The summed E-state index contributed by atoms with van der Waals surface area (Å²) in [5, 5.41) is 17.0. The fourth-order valence-corrected chi connectivity index (χ4v) is 3.06. The zero-order valence-corrected chi connectivity index (χ0v) is 14.1. The van der Waals surface area contributed by atoms with Crippen LogP contribution >= 0.6 is 11.5 Å². The summed E-state index contributed by atoms with van der Waals surface area (Å²) in [5.74, 6) is 1.02. The van der Waals surface area contributed by atoms with Gasteiger partial charge in [0.2, 0.25) is 0 Å². The Balaban J connectivity index is 1.61. The van der Waals surface area contributed by atoms with E-state index in [0.717, 1.165) is 18.0 Å². The predicted molar refractivity (Wildman–Crippen MR) is 88.6 cm³/mol. The van der Waals surface area contributed by atoms with Gasteiger partial charge in [0, 0.05) is 6.54 Å². The van der Waals surface area contributed by atoms with E-state index in [-0.39, 0.29) is 12.5 Å². The first kappa shape index (κ1) is 16.7. The molecule has 0 unspecified atom stereocenters. The molecule has 1 amide bonds. The van der Waals surface area contributed by atoms with Crippen LogP contribution in [0.1, 0.15) is 40.4 Å². The van der Waals surface area contributed by atoms with Crippen LogP contribution < -0.4 is 14.8 Å². The Morgan fingerprint density at radius 3 is 2.96 bits per heavy atom. The number of carbonyl (C=O) groups is 1. The van der Waals surface area contributed by atoms with Gasteiger partial charge in [-0.1, -0.05) is 23.9 Å². The summed E-state index contributed by atoms with van der Waals surface area (Å²) in [6, 6.07) is 5.27. The number of carbonyl (C=O) groups excluding carboxylic acids is 1. The monoisotopic (exact) mass is 349 g/mol. The summed E-state index contributed by atoms with van der Waals surface area (Å²) in [7, 11) is 0. The topological polar surface area (TPSA) is 93.6 Å². The van der Waals surface area contributed by atoms with Crippen molar-refractivity contribution < 1.29 is 19.4 Å². The van der Waals surface area contributed by atoms with Crippen LogP contribution in [0.15, 0.2) is 18.2 Å². The molecule has 2 heterocycles. The van der Waals surface area contributed by atoms with E-state index in [1.165, 1.54) is 0 Å². The number of nitrogens with one attached hydrogen (secondary N) is 1. The molecule has 0 aliphatic carbocycles. The van der Waals surface area contributed by atoms with Crippen molar-refractivity contribution >= 4 is 17.4 Å². The third kappa shape index (κ3) is 3.65. The number of nitrogens with zero attached hydrogens (tertiary/aromatic N) is 2. The number of aryl methyl sites for hydroxylation is 1. The third-order valence-corrected chi connectivity index (χ3v) is 4.42. The highest BCUT2D eigenvalue weighted by molar-refractivity contribution is 7.08. The summed E-state index contributed by atoms with van der Waals surface area (Å²) in [4.78, 5) is 12.7. The molecule has 1 atom stereocenters.